The molecule has 2 rings (SSSR count). The lowest BCUT2D eigenvalue weighted by atomic mass is 10.3. The van der Waals surface area contributed by atoms with Crippen molar-refractivity contribution >= 4 is 34.0 Å². The first-order chi connectivity index (χ1) is 4.86. The van der Waals surface area contributed by atoms with Gasteiger partial charge >= 0.3 is 0 Å². The molecule has 0 amide bonds. The van der Waals surface area contributed by atoms with Crippen molar-refractivity contribution < 1.29 is 0 Å². The van der Waals surface area contributed by atoms with E-state index in [1.54, 1.807) is 0 Å². The zero-order valence-electron chi connectivity index (χ0n) is 5.04. The van der Waals surface area contributed by atoms with Crippen LogP contribution in [0.1, 0.15) is 0 Å². The van der Waals surface area contributed by atoms with Gasteiger partial charge in [0.1, 0.15) is 0 Å². The van der Waals surface area contributed by atoms with Gasteiger partial charge in [0.05, 0.1) is 5.52 Å². The minimum absolute atomic E-state index is 0.771. The Morgan fingerprint density at radius 1 is 1.40 bits per heavy atom. The lowest BCUT2D eigenvalue weighted by Gasteiger charge is -1.86. The third-order valence-corrected chi connectivity index (χ3v) is 2.22. The highest BCUT2D eigenvalue weighted by Crippen LogP contribution is 2.19. The number of benzene rings is 1. The zero-order valence-corrected chi connectivity index (χ0v) is 6.62. The molecule has 0 aliphatic heterocycles. The van der Waals surface area contributed by atoms with Gasteiger partial charge in [0.25, 0.3) is 0 Å². The second-order valence-corrected chi connectivity index (χ2v) is 3.08. The van der Waals surface area contributed by atoms with Crippen LogP contribution >= 0.6 is 23.1 Å². The Hall–Kier alpha value is -0.600. The first-order valence-electron chi connectivity index (χ1n) is 2.86. The van der Waals surface area contributed by atoms with Crippen molar-refractivity contribution in [1.82, 2.24) is 4.37 Å². The molecule has 0 fully saturated rings. The van der Waals surface area contributed by atoms with Gasteiger partial charge in [-0.2, -0.15) is 4.37 Å². The van der Waals surface area contributed by atoms with Crippen molar-refractivity contribution in [2.75, 3.05) is 0 Å². The fourth-order valence-corrected chi connectivity index (χ4v) is 1.66. The van der Waals surface area contributed by atoms with Crippen molar-refractivity contribution in [1.29, 1.82) is 0 Å². The van der Waals surface area contributed by atoms with E-state index < -0.39 is 0 Å². The lowest BCUT2D eigenvalue weighted by Crippen LogP contribution is -1.65. The van der Waals surface area contributed by atoms with Crippen LogP contribution in [0.5, 0.6) is 0 Å². The molecular weight excluding hydrogens is 166 g/mol. The molecular formula is C7H4ClNS. The predicted molar refractivity (Wildman–Crippen MR) is 44.6 cm³/mol. The Morgan fingerprint density at radius 3 is 3.20 bits per heavy atom. The number of hydrogen-bond donors (Lipinski definition) is 0. The molecule has 0 aliphatic rings. The number of fused-ring (bicyclic) bond motifs is 1. The van der Waals surface area contributed by atoms with E-state index in [-0.39, 0.29) is 0 Å². The van der Waals surface area contributed by atoms with E-state index >= 15 is 0 Å². The molecule has 50 valence electrons. The van der Waals surface area contributed by atoms with Gasteiger partial charge in [0, 0.05) is 15.8 Å². The molecule has 0 bridgehead atoms. The maximum atomic E-state index is 5.75. The Balaban J connectivity index is 2.86. The summed E-state index contributed by atoms with van der Waals surface area (Å²) in [5.41, 5.74) is 1.02. The molecule has 0 atom stereocenters. The van der Waals surface area contributed by atoms with Crippen LogP contribution in [0.15, 0.2) is 23.6 Å². The number of aromatic nitrogens is 1. The minimum atomic E-state index is 0.771. The molecule has 1 nitrogen and oxygen atoms in total. The van der Waals surface area contributed by atoms with Gasteiger partial charge in [-0.25, -0.2) is 0 Å². The quantitative estimate of drug-likeness (QED) is 0.591. The SMILES string of the molecule is Clc1ccc2nscc2c1. The summed E-state index contributed by atoms with van der Waals surface area (Å²) in [4.78, 5) is 0. The van der Waals surface area contributed by atoms with Crippen LogP contribution in [0.2, 0.25) is 5.02 Å². The van der Waals surface area contributed by atoms with Gasteiger partial charge < -0.3 is 0 Å². The second kappa shape index (κ2) is 2.22. The van der Waals surface area contributed by atoms with Crippen molar-refractivity contribution in [3.63, 3.8) is 0 Å². The molecule has 0 aliphatic carbocycles. The maximum Gasteiger partial charge on any atom is 0.0841 e. The molecule has 0 unspecified atom stereocenters. The predicted octanol–water partition coefficient (Wildman–Crippen LogP) is 2.95. The largest absolute Gasteiger partial charge is 0.193 e. The number of nitrogens with zero attached hydrogens (tertiary/aromatic N) is 1. The highest BCUT2D eigenvalue weighted by molar-refractivity contribution is 7.04. The number of rotatable bonds is 0. The molecule has 3 heteroatoms. The topological polar surface area (TPSA) is 12.9 Å². The fraction of sp³-hybridized carbons (Fsp3) is 0. The van der Waals surface area contributed by atoms with Gasteiger partial charge in [-0.05, 0) is 29.7 Å². The van der Waals surface area contributed by atoms with Crippen LogP contribution in [-0.2, 0) is 0 Å². The van der Waals surface area contributed by atoms with E-state index in [1.807, 2.05) is 23.6 Å². The average molecular weight is 170 g/mol. The highest BCUT2D eigenvalue weighted by atomic mass is 35.5. The zero-order chi connectivity index (χ0) is 6.97. The summed E-state index contributed by atoms with van der Waals surface area (Å²) in [6, 6.07) is 5.69. The maximum absolute atomic E-state index is 5.75. The Morgan fingerprint density at radius 2 is 2.30 bits per heavy atom. The third-order valence-electron chi connectivity index (χ3n) is 1.32. The van der Waals surface area contributed by atoms with Gasteiger partial charge in [-0.1, -0.05) is 11.6 Å². The van der Waals surface area contributed by atoms with E-state index in [9.17, 15) is 0 Å². The minimum Gasteiger partial charge on any atom is -0.193 e. The Labute approximate surface area is 67.4 Å². The van der Waals surface area contributed by atoms with E-state index in [0.717, 1.165) is 15.9 Å². The Kier molecular flexibility index (Phi) is 1.36. The van der Waals surface area contributed by atoms with Gasteiger partial charge in [-0.3, -0.25) is 0 Å². The molecule has 1 aromatic carbocycles. The van der Waals surface area contributed by atoms with Gasteiger partial charge in [0.2, 0.25) is 0 Å². The summed E-state index contributed by atoms with van der Waals surface area (Å²) in [5, 5.41) is 3.88. The van der Waals surface area contributed by atoms with Crippen LogP contribution in [0.3, 0.4) is 0 Å². The van der Waals surface area contributed by atoms with Crippen LogP contribution in [0.4, 0.5) is 0 Å². The van der Waals surface area contributed by atoms with E-state index in [4.69, 9.17) is 11.6 Å². The number of hydrogen-bond acceptors (Lipinski definition) is 2. The smallest absolute Gasteiger partial charge is 0.0841 e. The van der Waals surface area contributed by atoms with Crippen molar-refractivity contribution in [2.24, 2.45) is 0 Å². The summed E-state index contributed by atoms with van der Waals surface area (Å²) in [6.45, 7) is 0. The summed E-state index contributed by atoms with van der Waals surface area (Å²) in [5.74, 6) is 0. The summed E-state index contributed by atoms with van der Waals surface area (Å²) < 4.78 is 4.14. The molecule has 2 aromatic rings. The van der Waals surface area contributed by atoms with Crippen molar-refractivity contribution in [2.45, 2.75) is 0 Å². The fourth-order valence-electron chi connectivity index (χ4n) is 0.843. The van der Waals surface area contributed by atoms with Crippen LogP contribution in [0, 0.1) is 0 Å². The molecule has 0 spiro atoms. The lowest BCUT2D eigenvalue weighted by molar-refractivity contribution is 1.66. The summed E-state index contributed by atoms with van der Waals surface area (Å²) in [7, 11) is 0. The molecule has 0 saturated carbocycles. The van der Waals surface area contributed by atoms with Crippen LogP contribution in [-0.4, -0.2) is 4.37 Å². The molecule has 1 aromatic heterocycles. The Bertz CT molecular complexity index is 355. The molecule has 0 N–H and O–H groups in total. The normalized spacial score (nSPS) is 10.5. The molecule has 0 saturated heterocycles. The summed E-state index contributed by atoms with van der Waals surface area (Å²) >= 11 is 7.21. The second-order valence-electron chi connectivity index (χ2n) is 2.02. The van der Waals surface area contributed by atoms with Gasteiger partial charge in [-0.15, -0.1) is 0 Å². The van der Waals surface area contributed by atoms with E-state index in [2.05, 4.69) is 4.37 Å². The standard InChI is InChI=1S/C7H4ClNS/c8-6-1-2-7-5(3-6)4-10-9-7/h1-4H. The first-order valence-corrected chi connectivity index (χ1v) is 4.07. The third kappa shape index (κ3) is 0.895. The average Bonchev–Trinajstić information content (AvgIpc) is 2.33. The summed E-state index contributed by atoms with van der Waals surface area (Å²) in [6.07, 6.45) is 0. The molecule has 1 heterocycles. The van der Waals surface area contributed by atoms with E-state index in [1.165, 1.54) is 11.5 Å². The molecule has 0 radical (unpaired) electrons. The van der Waals surface area contributed by atoms with Gasteiger partial charge in [0.15, 0.2) is 0 Å². The highest BCUT2D eigenvalue weighted by Gasteiger charge is 1.94. The first kappa shape index (κ1) is 6.13. The van der Waals surface area contributed by atoms with E-state index in [0.29, 0.717) is 0 Å². The van der Waals surface area contributed by atoms with Crippen molar-refractivity contribution in [3.05, 3.63) is 28.6 Å². The van der Waals surface area contributed by atoms with Crippen LogP contribution in [0.25, 0.3) is 10.9 Å². The molecule has 10 heavy (non-hydrogen) atoms. The number of halogens is 1. The monoisotopic (exact) mass is 169 g/mol. The van der Waals surface area contributed by atoms with Crippen molar-refractivity contribution in [3.8, 4) is 0 Å². The van der Waals surface area contributed by atoms with Crippen LogP contribution < -0.4 is 0 Å².